The Balaban J connectivity index is 2.26. The topological polar surface area (TPSA) is 50.1 Å². The molecule has 1 fully saturated rings. The van der Waals surface area contributed by atoms with Crippen molar-refractivity contribution in [3.8, 4) is 0 Å². The Hall–Kier alpha value is -1.06. The Morgan fingerprint density at radius 2 is 1.83 bits per heavy atom. The molecule has 1 saturated heterocycles. The van der Waals surface area contributed by atoms with Gasteiger partial charge in [-0.05, 0) is 11.6 Å². The van der Waals surface area contributed by atoms with Gasteiger partial charge >= 0.3 is 0 Å². The minimum Gasteiger partial charge on any atom is -0.398 e. The van der Waals surface area contributed by atoms with Gasteiger partial charge in [-0.15, -0.1) is 0 Å². The number of nitrogen functional groups attached to an aromatic ring is 1. The quantitative estimate of drug-likeness (QED) is 0.527. The Bertz CT molecular complexity index is 266. The third-order valence-electron chi connectivity index (χ3n) is 2.26. The van der Waals surface area contributed by atoms with Gasteiger partial charge in [-0.25, -0.2) is 0 Å². The average Bonchev–Trinajstić information content (AvgIpc) is 2.57. The van der Waals surface area contributed by atoms with Crippen molar-refractivity contribution in [2.75, 3.05) is 18.8 Å². The molecule has 1 aromatic rings. The monoisotopic (exact) mass is 163 g/mol. The van der Waals surface area contributed by atoms with Crippen molar-refractivity contribution in [3.05, 3.63) is 29.8 Å². The van der Waals surface area contributed by atoms with Gasteiger partial charge < -0.3 is 5.73 Å². The molecule has 0 bridgehead atoms. The van der Waals surface area contributed by atoms with Crippen LogP contribution in [0.25, 0.3) is 0 Å². The number of benzene rings is 1. The van der Waals surface area contributed by atoms with Crippen LogP contribution in [0.1, 0.15) is 11.5 Å². The fraction of sp³-hybridized carbons (Fsp3) is 0.333. The van der Waals surface area contributed by atoms with Gasteiger partial charge in [0.1, 0.15) is 0 Å². The zero-order chi connectivity index (χ0) is 8.39. The first-order valence-electron chi connectivity index (χ1n) is 4.18. The number of para-hydroxylation sites is 1. The summed E-state index contributed by atoms with van der Waals surface area (Å²) in [5.74, 6) is 0.520. The van der Waals surface area contributed by atoms with Crippen LogP contribution >= 0.6 is 0 Å². The van der Waals surface area contributed by atoms with Crippen molar-refractivity contribution in [1.29, 1.82) is 0 Å². The van der Waals surface area contributed by atoms with E-state index in [1.54, 1.807) is 0 Å². The van der Waals surface area contributed by atoms with Crippen molar-refractivity contribution in [2.24, 2.45) is 0 Å². The third kappa shape index (κ3) is 1.29. The lowest BCUT2D eigenvalue weighted by atomic mass is 9.99. The van der Waals surface area contributed by atoms with Crippen LogP contribution in [-0.4, -0.2) is 13.1 Å². The number of nitrogens with two attached hydrogens (primary N) is 1. The van der Waals surface area contributed by atoms with E-state index in [0.29, 0.717) is 5.92 Å². The van der Waals surface area contributed by atoms with Crippen molar-refractivity contribution < 1.29 is 0 Å². The fourth-order valence-electron chi connectivity index (χ4n) is 1.57. The molecule has 64 valence electrons. The molecular formula is C9H13N3. The number of anilines is 1. The molecule has 3 heteroatoms. The molecule has 0 aliphatic carbocycles. The van der Waals surface area contributed by atoms with Crippen LogP contribution in [0.5, 0.6) is 0 Å². The first-order chi connectivity index (χ1) is 5.88. The van der Waals surface area contributed by atoms with E-state index >= 15 is 0 Å². The van der Waals surface area contributed by atoms with Crippen molar-refractivity contribution in [3.63, 3.8) is 0 Å². The first-order valence-corrected chi connectivity index (χ1v) is 4.18. The van der Waals surface area contributed by atoms with E-state index in [9.17, 15) is 0 Å². The zero-order valence-corrected chi connectivity index (χ0v) is 6.88. The highest BCUT2D eigenvalue weighted by Gasteiger charge is 2.17. The highest BCUT2D eigenvalue weighted by molar-refractivity contribution is 5.48. The molecule has 2 rings (SSSR count). The summed E-state index contributed by atoms with van der Waals surface area (Å²) in [5, 5.41) is 0. The molecule has 1 aromatic carbocycles. The molecule has 3 nitrogen and oxygen atoms in total. The predicted molar refractivity (Wildman–Crippen MR) is 49.6 cm³/mol. The van der Waals surface area contributed by atoms with Crippen LogP contribution in [-0.2, 0) is 0 Å². The lowest BCUT2D eigenvalue weighted by Crippen LogP contribution is -2.21. The van der Waals surface area contributed by atoms with Gasteiger partial charge in [-0.1, -0.05) is 18.2 Å². The van der Waals surface area contributed by atoms with E-state index in [0.717, 1.165) is 18.8 Å². The van der Waals surface area contributed by atoms with Gasteiger partial charge in [0.2, 0.25) is 0 Å². The molecule has 0 amide bonds. The summed E-state index contributed by atoms with van der Waals surface area (Å²) in [6, 6.07) is 8.04. The van der Waals surface area contributed by atoms with Gasteiger partial charge in [-0.3, -0.25) is 10.9 Å². The van der Waals surface area contributed by atoms with Crippen LogP contribution in [0.15, 0.2) is 24.3 Å². The van der Waals surface area contributed by atoms with Gasteiger partial charge in [-0.2, -0.15) is 0 Å². The number of hydrogen-bond donors (Lipinski definition) is 3. The lowest BCUT2D eigenvalue weighted by Gasteiger charge is -2.09. The maximum atomic E-state index is 5.84. The van der Waals surface area contributed by atoms with Gasteiger partial charge in [0.15, 0.2) is 0 Å². The molecule has 0 spiro atoms. The largest absolute Gasteiger partial charge is 0.398 e. The summed E-state index contributed by atoms with van der Waals surface area (Å²) in [6.07, 6.45) is 0. The van der Waals surface area contributed by atoms with E-state index in [2.05, 4.69) is 16.9 Å². The van der Waals surface area contributed by atoms with E-state index in [4.69, 9.17) is 5.73 Å². The summed E-state index contributed by atoms with van der Waals surface area (Å²) in [4.78, 5) is 0. The van der Waals surface area contributed by atoms with Crippen LogP contribution in [0.4, 0.5) is 5.69 Å². The summed E-state index contributed by atoms with van der Waals surface area (Å²) in [7, 11) is 0. The SMILES string of the molecule is Nc1ccccc1C1CNNC1. The molecule has 4 N–H and O–H groups in total. The first kappa shape index (κ1) is 7.58. The van der Waals surface area contributed by atoms with E-state index in [-0.39, 0.29) is 0 Å². The van der Waals surface area contributed by atoms with Crippen molar-refractivity contribution >= 4 is 5.69 Å². The summed E-state index contributed by atoms with van der Waals surface area (Å²) >= 11 is 0. The van der Waals surface area contributed by atoms with Gasteiger partial charge in [0, 0.05) is 24.7 Å². The summed E-state index contributed by atoms with van der Waals surface area (Å²) in [6.45, 7) is 1.93. The Kier molecular flexibility index (Phi) is 1.98. The number of hydrazine groups is 1. The Morgan fingerprint density at radius 3 is 2.50 bits per heavy atom. The minimum absolute atomic E-state index is 0.520. The molecule has 0 aromatic heterocycles. The predicted octanol–water partition coefficient (Wildman–Crippen LogP) is 0.460. The van der Waals surface area contributed by atoms with Crippen molar-refractivity contribution in [1.82, 2.24) is 10.9 Å². The Morgan fingerprint density at radius 1 is 1.17 bits per heavy atom. The third-order valence-corrected chi connectivity index (χ3v) is 2.26. The Labute approximate surface area is 71.9 Å². The molecule has 0 saturated carbocycles. The van der Waals surface area contributed by atoms with Crippen LogP contribution in [0.2, 0.25) is 0 Å². The molecule has 0 unspecified atom stereocenters. The van der Waals surface area contributed by atoms with Gasteiger partial charge in [0.05, 0.1) is 0 Å². The standard InChI is InChI=1S/C9H13N3/c10-9-4-2-1-3-8(9)7-5-11-12-6-7/h1-4,7,11-12H,5-6,10H2. The smallest absolute Gasteiger partial charge is 0.0350 e. The van der Waals surface area contributed by atoms with Crippen molar-refractivity contribution in [2.45, 2.75) is 5.92 Å². The molecule has 0 radical (unpaired) electrons. The molecule has 1 aliphatic heterocycles. The number of hydrogen-bond acceptors (Lipinski definition) is 3. The molecule has 12 heavy (non-hydrogen) atoms. The lowest BCUT2D eigenvalue weighted by molar-refractivity contribution is 0.689. The van der Waals surface area contributed by atoms with Crippen LogP contribution < -0.4 is 16.6 Å². The molecule has 1 heterocycles. The normalized spacial score (nSPS) is 18.3. The highest BCUT2D eigenvalue weighted by Crippen LogP contribution is 2.22. The van der Waals surface area contributed by atoms with Gasteiger partial charge in [0.25, 0.3) is 0 Å². The molecule has 0 atom stereocenters. The van der Waals surface area contributed by atoms with Crippen LogP contribution in [0, 0.1) is 0 Å². The van der Waals surface area contributed by atoms with E-state index in [1.165, 1.54) is 5.56 Å². The minimum atomic E-state index is 0.520. The maximum absolute atomic E-state index is 5.84. The van der Waals surface area contributed by atoms with E-state index < -0.39 is 0 Å². The second-order valence-electron chi connectivity index (χ2n) is 3.09. The van der Waals surface area contributed by atoms with Crippen LogP contribution in [0.3, 0.4) is 0 Å². The molecule has 1 aliphatic rings. The number of nitrogens with one attached hydrogen (secondary N) is 2. The fourth-order valence-corrected chi connectivity index (χ4v) is 1.57. The second-order valence-corrected chi connectivity index (χ2v) is 3.09. The summed E-state index contributed by atoms with van der Waals surface area (Å²) < 4.78 is 0. The molecular weight excluding hydrogens is 150 g/mol. The summed E-state index contributed by atoms with van der Waals surface area (Å²) in [5.41, 5.74) is 14.2. The van der Waals surface area contributed by atoms with E-state index in [1.807, 2.05) is 18.2 Å². The number of rotatable bonds is 1. The highest BCUT2D eigenvalue weighted by atomic mass is 15.4. The maximum Gasteiger partial charge on any atom is 0.0350 e. The average molecular weight is 163 g/mol. The zero-order valence-electron chi connectivity index (χ0n) is 6.88. The second kappa shape index (κ2) is 3.13.